The average molecular weight is 426 g/mol. The van der Waals surface area contributed by atoms with Gasteiger partial charge in [0.15, 0.2) is 0 Å². The molecule has 8 nitrogen and oxygen atoms in total. The number of nitrogens with zero attached hydrogens (tertiary/aromatic N) is 3. The molecule has 1 aromatic heterocycles. The topological polar surface area (TPSA) is 101 Å². The van der Waals surface area contributed by atoms with E-state index in [-0.39, 0.29) is 24.4 Å². The van der Waals surface area contributed by atoms with Crippen LogP contribution in [0.1, 0.15) is 11.1 Å². The van der Waals surface area contributed by atoms with E-state index in [0.29, 0.717) is 29.6 Å². The molecule has 0 atom stereocenters. The summed E-state index contributed by atoms with van der Waals surface area (Å²) in [6, 6.07) is 12.7. The summed E-state index contributed by atoms with van der Waals surface area (Å²) < 4.78 is 28.0. The van der Waals surface area contributed by atoms with Gasteiger partial charge in [0, 0.05) is 13.1 Å². The van der Waals surface area contributed by atoms with Gasteiger partial charge in [0.05, 0.1) is 28.7 Å². The first-order valence-electron chi connectivity index (χ1n) is 9.66. The Morgan fingerprint density at radius 2 is 1.97 bits per heavy atom. The van der Waals surface area contributed by atoms with Crippen molar-refractivity contribution in [1.82, 2.24) is 14.9 Å². The highest BCUT2D eigenvalue weighted by molar-refractivity contribution is 7.92. The Morgan fingerprint density at radius 3 is 2.80 bits per heavy atom. The summed E-state index contributed by atoms with van der Waals surface area (Å²) in [4.78, 5) is 29.1. The largest absolute Gasteiger partial charge is 0.353 e. The number of fused-ring (bicyclic) bond motifs is 2. The highest BCUT2D eigenvalue weighted by Gasteiger charge is 2.28. The Labute approximate surface area is 174 Å². The van der Waals surface area contributed by atoms with Crippen LogP contribution in [-0.2, 0) is 27.8 Å². The number of carbonyl (C=O) groups excluding carboxylic acids is 1. The summed E-state index contributed by atoms with van der Waals surface area (Å²) in [5, 5.41) is 3.03. The number of rotatable bonds is 6. The monoisotopic (exact) mass is 426 g/mol. The molecule has 0 radical (unpaired) electrons. The number of amides is 1. The molecule has 0 bridgehead atoms. The molecule has 156 valence electrons. The van der Waals surface area contributed by atoms with Gasteiger partial charge in [0.2, 0.25) is 15.9 Å². The SMILES string of the molecule is Cc1cccc2c(=O)n(CC(=O)NCCS(=O)(=O)N3CCc4ccccc43)cnc12. The molecule has 0 spiro atoms. The highest BCUT2D eigenvalue weighted by Crippen LogP contribution is 2.29. The number of para-hydroxylation sites is 2. The van der Waals surface area contributed by atoms with E-state index in [0.717, 1.165) is 11.1 Å². The fraction of sp³-hybridized carbons (Fsp3) is 0.286. The Hall–Kier alpha value is -3.20. The number of anilines is 1. The van der Waals surface area contributed by atoms with Gasteiger partial charge >= 0.3 is 0 Å². The maximum Gasteiger partial charge on any atom is 0.261 e. The minimum Gasteiger partial charge on any atom is -0.353 e. The third-order valence-electron chi connectivity index (χ3n) is 5.23. The molecule has 4 rings (SSSR count). The van der Waals surface area contributed by atoms with Crippen LogP contribution in [0, 0.1) is 6.92 Å². The van der Waals surface area contributed by atoms with E-state index in [1.54, 1.807) is 18.2 Å². The second kappa shape index (κ2) is 7.91. The highest BCUT2D eigenvalue weighted by atomic mass is 32.2. The number of carbonyl (C=O) groups is 1. The van der Waals surface area contributed by atoms with Crippen molar-refractivity contribution in [2.75, 3.05) is 23.1 Å². The second-order valence-corrected chi connectivity index (χ2v) is 9.28. The second-order valence-electron chi connectivity index (χ2n) is 7.27. The van der Waals surface area contributed by atoms with Gasteiger partial charge in [-0.1, -0.05) is 30.3 Å². The van der Waals surface area contributed by atoms with Gasteiger partial charge in [-0.2, -0.15) is 0 Å². The molecule has 0 fully saturated rings. The van der Waals surface area contributed by atoms with Gasteiger partial charge in [-0.3, -0.25) is 18.5 Å². The van der Waals surface area contributed by atoms with E-state index >= 15 is 0 Å². The predicted octanol–water partition coefficient (Wildman–Crippen LogP) is 1.21. The number of aromatic nitrogens is 2. The van der Waals surface area contributed by atoms with Crippen LogP contribution in [0.25, 0.3) is 10.9 Å². The van der Waals surface area contributed by atoms with Crippen molar-refractivity contribution in [2.45, 2.75) is 19.9 Å². The smallest absolute Gasteiger partial charge is 0.261 e. The lowest BCUT2D eigenvalue weighted by Gasteiger charge is -2.19. The summed E-state index contributed by atoms with van der Waals surface area (Å²) in [5.41, 5.74) is 2.89. The lowest BCUT2D eigenvalue weighted by Crippen LogP contribution is -2.38. The van der Waals surface area contributed by atoms with Gasteiger partial charge in [-0.25, -0.2) is 13.4 Å². The molecule has 1 aliphatic heterocycles. The number of sulfonamides is 1. The minimum atomic E-state index is -3.55. The maximum atomic E-state index is 12.7. The first kappa shape index (κ1) is 20.1. The standard InChI is InChI=1S/C21H22N4O4S/c1-15-5-4-7-17-20(15)23-14-24(21(17)27)13-19(26)22-10-12-30(28,29)25-11-9-16-6-2-3-8-18(16)25/h2-8,14H,9-13H2,1H3,(H,22,26). The number of hydrogen-bond acceptors (Lipinski definition) is 5. The molecule has 3 aromatic rings. The van der Waals surface area contributed by atoms with Crippen LogP contribution in [0.2, 0.25) is 0 Å². The minimum absolute atomic E-state index is 0.0330. The van der Waals surface area contributed by atoms with E-state index in [2.05, 4.69) is 10.3 Å². The normalized spacial score (nSPS) is 13.4. The van der Waals surface area contributed by atoms with Crippen molar-refractivity contribution in [3.05, 3.63) is 70.3 Å². The van der Waals surface area contributed by atoms with Crippen LogP contribution >= 0.6 is 0 Å². The van der Waals surface area contributed by atoms with E-state index in [9.17, 15) is 18.0 Å². The molecule has 0 saturated heterocycles. The fourth-order valence-corrected chi connectivity index (χ4v) is 5.11. The predicted molar refractivity (Wildman–Crippen MR) is 115 cm³/mol. The van der Waals surface area contributed by atoms with Gasteiger partial charge in [-0.15, -0.1) is 0 Å². The van der Waals surface area contributed by atoms with E-state index in [4.69, 9.17) is 0 Å². The van der Waals surface area contributed by atoms with E-state index in [1.165, 1.54) is 15.2 Å². The van der Waals surface area contributed by atoms with Crippen LogP contribution in [0.3, 0.4) is 0 Å². The zero-order valence-electron chi connectivity index (χ0n) is 16.5. The van der Waals surface area contributed by atoms with Crippen LogP contribution in [0.5, 0.6) is 0 Å². The number of nitrogens with one attached hydrogen (secondary N) is 1. The summed E-state index contributed by atoms with van der Waals surface area (Å²) in [6.07, 6.45) is 2.02. The molecule has 0 saturated carbocycles. The van der Waals surface area contributed by atoms with Gasteiger partial charge in [0.25, 0.3) is 5.56 Å². The molecule has 9 heteroatoms. The van der Waals surface area contributed by atoms with Gasteiger partial charge in [0.1, 0.15) is 6.54 Å². The average Bonchev–Trinajstić information content (AvgIpc) is 3.16. The summed E-state index contributed by atoms with van der Waals surface area (Å²) in [7, 11) is -3.55. The molecule has 1 amide bonds. The van der Waals surface area contributed by atoms with Crippen LogP contribution in [0.15, 0.2) is 53.6 Å². The zero-order chi connectivity index (χ0) is 21.3. The Kier molecular flexibility index (Phi) is 5.29. The Morgan fingerprint density at radius 1 is 1.17 bits per heavy atom. The first-order valence-corrected chi connectivity index (χ1v) is 11.3. The molecule has 30 heavy (non-hydrogen) atoms. The quantitative estimate of drug-likeness (QED) is 0.639. The van der Waals surface area contributed by atoms with Crippen molar-refractivity contribution >= 4 is 32.5 Å². The Bertz CT molecular complexity index is 1280. The van der Waals surface area contributed by atoms with Crippen molar-refractivity contribution in [3.8, 4) is 0 Å². The van der Waals surface area contributed by atoms with Crippen LogP contribution in [0.4, 0.5) is 5.69 Å². The summed E-state index contributed by atoms with van der Waals surface area (Å²) >= 11 is 0. The third kappa shape index (κ3) is 3.80. The number of benzene rings is 2. The molecule has 2 heterocycles. The number of aryl methyl sites for hydroxylation is 1. The molecular formula is C21H22N4O4S. The Balaban J connectivity index is 1.38. The number of hydrogen-bond donors (Lipinski definition) is 1. The maximum absolute atomic E-state index is 12.7. The first-order chi connectivity index (χ1) is 14.4. The zero-order valence-corrected chi connectivity index (χ0v) is 17.4. The molecule has 1 aliphatic rings. The third-order valence-corrected chi connectivity index (χ3v) is 7.00. The van der Waals surface area contributed by atoms with Crippen molar-refractivity contribution in [3.63, 3.8) is 0 Å². The van der Waals surface area contributed by atoms with Crippen LogP contribution < -0.4 is 15.2 Å². The van der Waals surface area contributed by atoms with Gasteiger partial charge in [-0.05, 0) is 36.6 Å². The summed E-state index contributed by atoms with van der Waals surface area (Å²) in [5.74, 6) is -0.653. The van der Waals surface area contributed by atoms with Gasteiger partial charge < -0.3 is 5.32 Å². The molecular weight excluding hydrogens is 404 g/mol. The lowest BCUT2D eigenvalue weighted by molar-refractivity contribution is -0.121. The van der Waals surface area contributed by atoms with Crippen molar-refractivity contribution in [1.29, 1.82) is 0 Å². The molecule has 0 unspecified atom stereocenters. The van der Waals surface area contributed by atoms with Crippen LogP contribution in [-0.4, -0.2) is 42.7 Å². The summed E-state index contributed by atoms with van der Waals surface area (Å²) in [6.45, 7) is 2.02. The fourth-order valence-electron chi connectivity index (χ4n) is 3.69. The van der Waals surface area contributed by atoms with E-state index in [1.807, 2.05) is 31.2 Å². The molecule has 2 aromatic carbocycles. The van der Waals surface area contributed by atoms with Crippen molar-refractivity contribution in [2.24, 2.45) is 0 Å². The van der Waals surface area contributed by atoms with E-state index < -0.39 is 15.9 Å². The lowest BCUT2D eigenvalue weighted by atomic mass is 10.1. The molecule has 0 aliphatic carbocycles. The van der Waals surface area contributed by atoms with Crippen molar-refractivity contribution < 1.29 is 13.2 Å². The molecule has 1 N–H and O–H groups in total.